The van der Waals surface area contributed by atoms with Gasteiger partial charge >= 0.3 is 0 Å². The summed E-state index contributed by atoms with van der Waals surface area (Å²) in [5.74, 6) is 0.484. The second-order valence-electron chi connectivity index (χ2n) is 5.20. The highest BCUT2D eigenvalue weighted by Gasteiger charge is 2.24. The molecule has 3 nitrogen and oxygen atoms in total. The molecule has 0 bridgehead atoms. The fraction of sp³-hybridized carbons (Fsp3) is 1.00. The maximum Gasteiger partial charge on any atom is 0.0589 e. The Hall–Kier alpha value is -0.120. The lowest BCUT2D eigenvalue weighted by molar-refractivity contribution is -0.00760. The van der Waals surface area contributed by atoms with Crippen LogP contribution in [0.3, 0.4) is 0 Å². The number of rotatable bonds is 6. The average Bonchev–Trinajstić information content (AvgIpc) is 2.26. The van der Waals surface area contributed by atoms with Crippen LogP contribution in [0, 0.1) is 5.92 Å². The Morgan fingerprint density at radius 2 is 2.19 bits per heavy atom. The Morgan fingerprint density at radius 1 is 1.44 bits per heavy atom. The molecular weight excluding hydrogens is 202 g/mol. The molecule has 16 heavy (non-hydrogen) atoms. The zero-order chi connectivity index (χ0) is 12.0. The molecule has 0 aromatic carbocycles. The summed E-state index contributed by atoms with van der Waals surface area (Å²) in [6.45, 7) is 7.59. The summed E-state index contributed by atoms with van der Waals surface area (Å²) < 4.78 is 5.72. The van der Waals surface area contributed by atoms with Gasteiger partial charge in [0.1, 0.15) is 0 Å². The second-order valence-corrected chi connectivity index (χ2v) is 5.20. The first kappa shape index (κ1) is 13.9. The van der Waals surface area contributed by atoms with Gasteiger partial charge in [-0.3, -0.25) is 0 Å². The SMILES string of the molecule is CCCC1CC(N[C@H](CO)C(C)C)CCO1. The van der Waals surface area contributed by atoms with Crippen molar-refractivity contribution < 1.29 is 9.84 Å². The highest BCUT2D eigenvalue weighted by molar-refractivity contribution is 4.81. The summed E-state index contributed by atoms with van der Waals surface area (Å²) in [7, 11) is 0. The summed E-state index contributed by atoms with van der Waals surface area (Å²) >= 11 is 0. The summed E-state index contributed by atoms with van der Waals surface area (Å²) in [5.41, 5.74) is 0. The quantitative estimate of drug-likeness (QED) is 0.731. The van der Waals surface area contributed by atoms with Crippen LogP contribution in [0.5, 0.6) is 0 Å². The number of hydrogen-bond donors (Lipinski definition) is 2. The predicted octanol–water partition coefficient (Wildman–Crippen LogP) is 1.94. The van der Waals surface area contributed by atoms with Crippen LogP contribution in [0.25, 0.3) is 0 Å². The number of nitrogens with one attached hydrogen (secondary N) is 1. The maximum atomic E-state index is 9.30. The molecule has 1 heterocycles. The van der Waals surface area contributed by atoms with Crippen molar-refractivity contribution in [3.05, 3.63) is 0 Å². The van der Waals surface area contributed by atoms with Gasteiger partial charge in [-0.2, -0.15) is 0 Å². The molecule has 1 aliphatic heterocycles. The molecule has 0 aromatic heterocycles. The molecule has 1 aliphatic rings. The van der Waals surface area contributed by atoms with Crippen molar-refractivity contribution in [3.63, 3.8) is 0 Å². The second kappa shape index (κ2) is 7.25. The molecule has 2 N–H and O–H groups in total. The van der Waals surface area contributed by atoms with Crippen LogP contribution in [-0.2, 0) is 4.74 Å². The lowest BCUT2D eigenvalue weighted by Crippen LogP contribution is -2.47. The topological polar surface area (TPSA) is 41.5 Å². The molecule has 0 aromatic rings. The first-order valence-corrected chi connectivity index (χ1v) is 6.65. The van der Waals surface area contributed by atoms with Gasteiger partial charge in [-0.15, -0.1) is 0 Å². The van der Waals surface area contributed by atoms with Crippen molar-refractivity contribution in [2.75, 3.05) is 13.2 Å². The first-order chi connectivity index (χ1) is 7.67. The lowest BCUT2D eigenvalue weighted by atomic mass is 9.97. The van der Waals surface area contributed by atoms with E-state index in [4.69, 9.17) is 4.74 Å². The smallest absolute Gasteiger partial charge is 0.0589 e. The van der Waals surface area contributed by atoms with E-state index in [0.717, 1.165) is 25.9 Å². The predicted molar refractivity (Wildman–Crippen MR) is 66.5 cm³/mol. The zero-order valence-corrected chi connectivity index (χ0v) is 10.9. The molecule has 0 spiro atoms. The van der Waals surface area contributed by atoms with E-state index < -0.39 is 0 Å². The van der Waals surface area contributed by atoms with Gasteiger partial charge < -0.3 is 15.2 Å². The Bertz CT molecular complexity index is 183. The van der Waals surface area contributed by atoms with E-state index in [1.165, 1.54) is 6.42 Å². The van der Waals surface area contributed by atoms with E-state index in [1.54, 1.807) is 0 Å². The summed E-state index contributed by atoms with van der Waals surface area (Å²) in [5, 5.41) is 12.9. The van der Waals surface area contributed by atoms with Gasteiger partial charge in [0.05, 0.1) is 12.7 Å². The number of ether oxygens (including phenoxy) is 1. The third-order valence-corrected chi connectivity index (χ3v) is 3.43. The summed E-state index contributed by atoms with van der Waals surface area (Å²) in [6, 6.07) is 0.746. The van der Waals surface area contributed by atoms with Crippen molar-refractivity contribution in [2.24, 2.45) is 5.92 Å². The van der Waals surface area contributed by atoms with Crippen LogP contribution < -0.4 is 5.32 Å². The van der Waals surface area contributed by atoms with E-state index in [-0.39, 0.29) is 12.6 Å². The molecule has 0 radical (unpaired) electrons. The minimum Gasteiger partial charge on any atom is -0.395 e. The minimum absolute atomic E-state index is 0.227. The van der Waals surface area contributed by atoms with Gasteiger partial charge in [-0.05, 0) is 25.2 Å². The van der Waals surface area contributed by atoms with Crippen LogP contribution in [0.2, 0.25) is 0 Å². The van der Waals surface area contributed by atoms with Crippen LogP contribution in [-0.4, -0.2) is 36.5 Å². The van der Waals surface area contributed by atoms with Gasteiger partial charge in [0.2, 0.25) is 0 Å². The van der Waals surface area contributed by atoms with Gasteiger partial charge in [-0.1, -0.05) is 27.2 Å². The van der Waals surface area contributed by atoms with E-state index in [1.807, 2.05) is 0 Å². The minimum atomic E-state index is 0.227. The summed E-state index contributed by atoms with van der Waals surface area (Å²) in [4.78, 5) is 0. The van der Waals surface area contributed by atoms with E-state index in [2.05, 4.69) is 26.1 Å². The zero-order valence-electron chi connectivity index (χ0n) is 10.9. The molecule has 1 fully saturated rings. The Morgan fingerprint density at radius 3 is 2.75 bits per heavy atom. The fourth-order valence-electron chi connectivity index (χ4n) is 2.31. The normalized spacial score (nSPS) is 28.3. The third kappa shape index (κ3) is 4.40. The van der Waals surface area contributed by atoms with Gasteiger partial charge in [0, 0.05) is 18.7 Å². The lowest BCUT2D eigenvalue weighted by Gasteiger charge is -2.33. The molecule has 3 atom stereocenters. The van der Waals surface area contributed by atoms with Gasteiger partial charge in [-0.25, -0.2) is 0 Å². The number of aliphatic hydroxyl groups excluding tert-OH is 1. The third-order valence-electron chi connectivity index (χ3n) is 3.43. The molecule has 3 heteroatoms. The van der Waals surface area contributed by atoms with E-state index in [0.29, 0.717) is 18.1 Å². The van der Waals surface area contributed by atoms with Gasteiger partial charge in [0.15, 0.2) is 0 Å². The molecule has 1 saturated heterocycles. The molecule has 0 aliphatic carbocycles. The highest BCUT2D eigenvalue weighted by Crippen LogP contribution is 2.19. The van der Waals surface area contributed by atoms with E-state index >= 15 is 0 Å². The molecule has 96 valence electrons. The molecule has 2 unspecified atom stereocenters. The van der Waals surface area contributed by atoms with Crippen molar-refractivity contribution >= 4 is 0 Å². The monoisotopic (exact) mass is 229 g/mol. The Labute approximate surface area is 99.6 Å². The Balaban J connectivity index is 2.35. The van der Waals surface area contributed by atoms with Crippen molar-refractivity contribution in [3.8, 4) is 0 Å². The standard InChI is InChI=1S/C13H27NO2/c1-4-5-12-8-11(6-7-16-12)14-13(9-15)10(2)3/h10-15H,4-9H2,1-3H3/t11?,12?,13-/m1/s1. The molecule has 0 amide bonds. The van der Waals surface area contributed by atoms with Gasteiger partial charge in [0.25, 0.3) is 0 Å². The maximum absolute atomic E-state index is 9.30. The molecular formula is C13H27NO2. The average molecular weight is 229 g/mol. The van der Waals surface area contributed by atoms with Crippen LogP contribution >= 0.6 is 0 Å². The first-order valence-electron chi connectivity index (χ1n) is 6.65. The Kier molecular flexibility index (Phi) is 6.32. The number of aliphatic hydroxyl groups is 1. The van der Waals surface area contributed by atoms with E-state index in [9.17, 15) is 5.11 Å². The van der Waals surface area contributed by atoms with Crippen molar-refractivity contribution in [2.45, 2.75) is 64.6 Å². The van der Waals surface area contributed by atoms with Crippen LogP contribution in [0.1, 0.15) is 46.5 Å². The van der Waals surface area contributed by atoms with Crippen LogP contribution in [0.15, 0.2) is 0 Å². The summed E-state index contributed by atoms with van der Waals surface area (Å²) in [6.07, 6.45) is 4.93. The molecule has 1 rings (SSSR count). The highest BCUT2D eigenvalue weighted by atomic mass is 16.5. The van der Waals surface area contributed by atoms with Crippen LogP contribution in [0.4, 0.5) is 0 Å². The number of hydrogen-bond acceptors (Lipinski definition) is 3. The largest absolute Gasteiger partial charge is 0.395 e. The molecule has 0 saturated carbocycles. The fourth-order valence-corrected chi connectivity index (χ4v) is 2.31. The van der Waals surface area contributed by atoms with Crippen molar-refractivity contribution in [1.29, 1.82) is 0 Å². The van der Waals surface area contributed by atoms with Crippen molar-refractivity contribution in [1.82, 2.24) is 5.32 Å².